The second-order valence-corrected chi connectivity index (χ2v) is 2.42. The van der Waals surface area contributed by atoms with Gasteiger partial charge in [-0.3, -0.25) is 0 Å². The summed E-state index contributed by atoms with van der Waals surface area (Å²) in [6, 6.07) is 0. The Morgan fingerprint density at radius 1 is 1.67 bits per heavy atom. The zero-order chi connectivity index (χ0) is 7.28. The predicted molar refractivity (Wildman–Crippen MR) is 42.2 cm³/mol. The molecule has 52 valence electrons. The lowest BCUT2D eigenvalue weighted by atomic mass is 10.2. The first-order valence-corrected chi connectivity index (χ1v) is 3.33. The molecule has 0 aromatic carbocycles. The second-order valence-electron chi connectivity index (χ2n) is 1.83. The Bertz CT molecular complexity index is 132. The zero-order valence-electron chi connectivity index (χ0n) is 5.82. The largest absolute Gasteiger partial charge is 0.404 e. The van der Waals surface area contributed by atoms with Crippen LogP contribution in [0.1, 0.15) is 20.3 Å². The van der Waals surface area contributed by atoms with Crippen LogP contribution < -0.4 is 5.73 Å². The van der Waals surface area contributed by atoms with Gasteiger partial charge in [-0.15, -0.1) is 0 Å². The van der Waals surface area contributed by atoms with Gasteiger partial charge in [-0.25, -0.2) is 0 Å². The first kappa shape index (κ1) is 8.57. The van der Waals surface area contributed by atoms with E-state index >= 15 is 0 Å². The fourth-order valence-corrected chi connectivity index (χ4v) is 0.664. The van der Waals surface area contributed by atoms with Gasteiger partial charge < -0.3 is 5.73 Å². The maximum Gasteiger partial charge on any atom is 0.0153 e. The monoisotopic (exact) mass is 145 g/mol. The fraction of sp³-hybridized carbons (Fsp3) is 0.429. The van der Waals surface area contributed by atoms with Gasteiger partial charge in [0.05, 0.1) is 0 Å². The Kier molecular flexibility index (Phi) is 4.24. The highest BCUT2D eigenvalue weighted by molar-refractivity contribution is 6.29. The molecule has 2 heteroatoms. The van der Waals surface area contributed by atoms with Crippen molar-refractivity contribution in [1.29, 1.82) is 0 Å². The van der Waals surface area contributed by atoms with E-state index in [9.17, 15) is 0 Å². The zero-order valence-corrected chi connectivity index (χ0v) is 6.57. The van der Waals surface area contributed by atoms with Gasteiger partial charge in [-0.1, -0.05) is 18.5 Å². The van der Waals surface area contributed by atoms with Gasteiger partial charge in [-0.2, -0.15) is 0 Å². The average Bonchev–Trinajstić information content (AvgIpc) is 1.82. The lowest BCUT2D eigenvalue weighted by molar-refractivity contribution is 1.13. The van der Waals surface area contributed by atoms with Crippen molar-refractivity contribution in [2.45, 2.75) is 20.3 Å². The van der Waals surface area contributed by atoms with Gasteiger partial charge in [-0.05, 0) is 31.2 Å². The van der Waals surface area contributed by atoms with Crippen molar-refractivity contribution in [2.24, 2.45) is 5.73 Å². The highest BCUT2D eigenvalue weighted by Gasteiger charge is 1.86. The molecule has 0 aliphatic heterocycles. The summed E-state index contributed by atoms with van der Waals surface area (Å²) in [5.74, 6) is 0. The van der Waals surface area contributed by atoms with Crippen LogP contribution in [0.25, 0.3) is 0 Å². The van der Waals surface area contributed by atoms with E-state index in [0.29, 0.717) is 0 Å². The Morgan fingerprint density at radius 2 is 2.22 bits per heavy atom. The maximum atomic E-state index is 5.59. The van der Waals surface area contributed by atoms with E-state index in [2.05, 4.69) is 0 Å². The van der Waals surface area contributed by atoms with E-state index in [1.807, 2.05) is 19.9 Å². The van der Waals surface area contributed by atoms with Crippen molar-refractivity contribution in [3.63, 3.8) is 0 Å². The molecular formula is C7H12ClN. The Hall–Kier alpha value is -0.430. The third-order valence-corrected chi connectivity index (χ3v) is 1.12. The SMILES string of the molecule is CCC(=C/N)/C=C(\C)Cl. The number of allylic oxidation sites excluding steroid dienone is 3. The van der Waals surface area contributed by atoms with Crippen LogP contribution in [0.2, 0.25) is 0 Å². The summed E-state index contributed by atoms with van der Waals surface area (Å²) in [5.41, 5.74) is 6.34. The van der Waals surface area contributed by atoms with Gasteiger partial charge in [0.2, 0.25) is 0 Å². The fourth-order valence-electron chi connectivity index (χ4n) is 0.523. The molecule has 0 spiro atoms. The van der Waals surface area contributed by atoms with Gasteiger partial charge in [0, 0.05) is 5.03 Å². The van der Waals surface area contributed by atoms with Crippen molar-refractivity contribution < 1.29 is 0 Å². The van der Waals surface area contributed by atoms with E-state index < -0.39 is 0 Å². The predicted octanol–water partition coefficient (Wildman–Crippen LogP) is 2.38. The van der Waals surface area contributed by atoms with E-state index in [1.165, 1.54) is 0 Å². The first-order valence-electron chi connectivity index (χ1n) is 2.95. The first-order chi connectivity index (χ1) is 4.20. The van der Waals surface area contributed by atoms with Crippen molar-refractivity contribution in [3.05, 3.63) is 22.9 Å². The van der Waals surface area contributed by atoms with E-state index in [1.54, 1.807) is 6.20 Å². The molecule has 0 saturated heterocycles. The summed E-state index contributed by atoms with van der Waals surface area (Å²) in [6.07, 6.45) is 4.37. The lowest BCUT2D eigenvalue weighted by Gasteiger charge is -1.93. The molecule has 0 saturated carbocycles. The summed E-state index contributed by atoms with van der Waals surface area (Å²) >= 11 is 5.59. The van der Waals surface area contributed by atoms with E-state index in [4.69, 9.17) is 17.3 Å². The minimum Gasteiger partial charge on any atom is -0.404 e. The maximum absolute atomic E-state index is 5.59. The van der Waals surface area contributed by atoms with Crippen molar-refractivity contribution >= 4 is 11.6 Å². The molecule has 0 aromatic rings. The number of rotatable bonds is 2. The molecule has 0 rings (SSSR count). The topological polar surface area (TPSA) is 26.0 Å². The highest BCUT2D eigenvalue weighted by Crippen LogP contribution is 2.07. The third kappa shape index (κ3) is 4.10. The van der Waals surface area contributed by atoms with Gasteiger partial charge >= 0.3 is 0 Å². The molecular weight excluding hydrogens is 134 g/mol. The van der Waals surface area contributed by atoms with E-state index in [0.717, 1.165) is 17.0 Å². The molecule has 0 aromatic heterocycles. The lowest BCUT2D eigenvalue weighted by Crippen LogP contribution is -1.83. The number of halogens is 1. The van der Waals surface area contributed by atoms with Crippen LogP contribution in [-0.2, 0) is 0 Å². The molecule has 2 N–H and O–H groups in total. The minimum absolute atomic E-state index is 0.772. The summed E-state index contributed by atoms with van der Waals surface area (Å²) in [4.78, 5) is 0. The number of nitrogens with two attached hydrogens (primary N) is 1. The molecule has 0 amide bonds. The molecule has 0 radical (unpaired) electrons. The van der Waals surface area contributed by atoms with Crippen LogP contribution in [0.5, 0.6) is 0 Å². The Labute approximate surface area is 61.2 Å². The van der Waals surface area contributed by atoms with Gasteiger partial charge in [0.1, 0.15) is 0 Å². The highest BCUT2D eigenvalue weighted by atomic mass is 35.5. The average molecular weight is 146 g/mol. The molecule has 0 unspecified atom stereocenters. The van der Waals surface area contributed by atoms with Crippen LogP contribution in [0.15, 0.2) is 22.9 Å². The summed E-state index contributed by atoms with van der Waals surface area (Å²) in [6.45, 7) is 3.87. The van der Waals surface area contributed by atoms with Crippen molar-refractivity contribution in [1.82, 2.24) is 0 Å². The molecule has 0 aliphatic carbocycles. The second kappa shape index (κ2) is 4.45. The standard InChI is InChI=1S/C7H12ClN/c1-3-7(5-9)4-6(2)8/h4-5H,3,9H2,1-2H3/b6-4+,7-5-. The minimum atomic E-state index is 0.772. The Balaban J connectivity index is 4.01. The number of hydrogen-bond donors (Lipinski definition) is 1. The molecule has 0 heterocycles. The smallest absolute Gasteiger partial charge is 0.0153 e. The molecule has 0 atom stereocenters. The van der Waals surface area contributed by atoms with Crippen LogP contribution in [-0.4, -0.2) is 0 Å². The molecule has 9 heavy (non-hydrogen) atoms. The quantitative estimate of drug-likeness (QED) is 0.594. The summed E-state index contributed by atoms with van der Waals surface area (Å²) in [7, 11) is 0. The molecule has 0 fully saturated rings. The number of hydrogen-bond acceptors (Lipinski definition) is 1. The van der Waals surface area contributed by atoms with E-state index in [-0.39, 0.29) is 0 Å². The molecule has 0 bridgehead atoms. The van der Waals surface area contributed by atoms with Crippen LogP contribution >= 0.6 is 11.6 Å². The van der Waals surface area contributed by atoms with Gasteiger partial charge in [0.15, 0.2) is 0 Å². The van der Waals surface area contributed by atoms with Crippen molar-refractivity contribution in [3.8, 4) is 0 Å². The normalized spacial score (nSPS) is 14.1. The third-order valence-electron chi connectivity index (χ3n) is 1.01. The van der Waals surface area contributed by atoms with Gasteiger partial charge in [0.25, 0.3) is 0 Å². The summed E-state index contributed by atoms with van der Waals surface area (Å²) in [5, 5.41) is 0.772. The van der Waals surface area contributed by atoms with Crippen LogP contribution in [0.4, 0.5) is 0 Å². The Morgan fingerprint density at radius 3 is 2.33 bits per heavy atom. The molecule has 1 nitrogen and oxygen atoms in total. The van der Waals surface area contributed by atoms with Crippen LogP contribution in [0.3, 0.4) is 0 Å². The summed E-state index contributed by atoms with van der Waals surface area (Å²) < 4.78 is 0. The van der Waals surface area contributed by atoms with Crippen molar-refractivity contribution in [2.75, 3.05) is 0 Å². The van der Waals surface area contributed by atoms with Crippen LogP contribution in [0, 0.1) is 0 Å². The molecule has 0 aliphatic rings.